The zero-order chi connectivity index (χ0) is 6.57. The van der Waals surface area contributed by atoms with Crippen molar-refractivity contribution in [1.29, 1.82) is 0 Å². The molecule has 0 bridgehead atoms. The summed E-state index contributed by atoms with van der Waals surface area (Å²) in [5, 5.41) is 0. The standard InChI is InChI=1S/C5H8N2O/c1-3-4(2)5(8)7-6/h1,4H,6H2,2H3,(H,7,8). The minimum absolute atomic E-state index is 0.326. The van der Waals surface area contributed by atoms with Gasteiger partial charge in [-0.1, -0.05) is 5.92 Å². The topological polar surface area (TPSA) is 55.1 Å². The van der Waals surface area contributed by atoms with Gasteiger partial charge in [-0.15, -0.1) is 6.42 Å². The molecule has 8 heavy (non-hydrogen) atoms. The van der Waals surface area contributed by atoms with E-state index in [1.807, 2.05) is 5.43 Å². The number of terminal acetylenes is 1. The van der Waals surface area contributed by atoms with Crippen molar-refractivity contribution in [3.63, 3.8) is 0 Å². The number of hydrogen-bond acceptors (Lipinski definition) is 2. The van der Waals surface area contributed by atoms with E-state index >= 15 is 0 Å². The van der Waals surface area contributed by atoms with Crippen molar-refractivity contribution in [3.8, 4) is 12.3 Å². The molecule has 3 heteroatoms. The monoisotopic (exact) mass is 112 g/mol. The Hall–Kier alpha value is -1.01. The second kappa shape index (κ2) is 3.05. The maximum absolute atomic E-state index is 10.4. The van der Waals surface area contributed by atoms with E-state index in [9.17, 15) is 4.79 Å². The van der Waals surface area contributed by atoms with Crippen molar-refractivity contribution in [2.24, 2.45) is 11.8 Å². The third-order valence-corrected chi connectivity index (χ3v) is 0.786. The van der Waals surface area contributed by atoms with E-state index in [2.05, 4.69) is 5.92 Å². The lowest BCUT2D eigenvalue weighted by molar-refractivity contribution is -0.122. The predicted octanol–water partition coefficient (Wildman–Crippen LogP) is -0.754. The zero-order valence-electron chi connectivity index (χ0n) is 4.64. The van der Waals surface area contributed by atoms with Gasteiger partial charge in [-0.3, -0.25) is 10.2 Å². The van der Waals surface area contributed by atoms with E-state index in [0.29, 0.717) is 0 Å². The Morgan fingerprint density at radius 3 is 2.62 bits per heavy atom. The number of nitrogens with two attached hydrogens (primary N) is 1. The quantitative estimate of drug-likeness (QED) is 0.203. The summed E-state index contributed by atoms with van der Waals surface area (Å²) in [7, 11) is 0. The third-order valence-electron chi connectivity index (χ3n) is 0.786. The van der Waals surface area contributed by atoms with Gasteiger partial charge in [0.1, 0.15) is 0 Å². The molecule has 0 radical (unpaired) electrons. The molecule has 0 aromatic heterocycles. The normalized spacial score (nSPS) is 11.6. The van der Waals surface area contributed by atoms with Gasteiger partial charge in [-0.05, 0) is 6.92 Å². The number of nitrogens with one attached hydrogen (secondary N) is 1. The molecule has 0 fully saturated rings. The zero-order valence-corrected chi connectivity index (χ0v) is 4.64. The molecular weight excluding hydrogens is 104 g/mol. The molecule has 0 aromatic rings. The van der Waals surface area contributed by atoms with E-state index in [-0.39, 0.29) is 5.91 Å². The average Bonchev–Trinajstić information content (AvgIpc) is 1.84. The molecule has 3 nitrogen and oxygen atoms in total. The van der Waals surface area contributed by atoms with Crippen molar-refractivity contribution in [2.45, 2.75) is 6.92 Å². The van der Waals surface area contributed by atoms with E-state index in [1.54, 1.807) is 6.92 Å². The Labute approximate surface area is 48.2 Å². The number of amides is 1. The molecule has 0 saturated heterocycles. The van der Waals surface area contributed by atoms with Crippen LogP contribution in [0, 0.1) is 18.3 Å². The van der Waals surface area contributed by atoms with Gasteiger partial charge in [0.2, 0.25) is 5.91 Å². The fourth-order valence-corrected chi connectivity index (χ4v) is 0.201. The lowest BCUT2D eigenvalue weighted by atomic mass is 10.2. The highest BCUT2D eigenvalue weighted by atomic mass is 16.2. The van der Waals surface area contributed by atoms with Gasteiger partial charge >= 0.3 is 0 Å². The van der Waals surface area contributed by atoms with Crippen LogP contribution in [-0.4, -0.2) is 5.91 Å². The highest BCUT2D eigenvalue weighted by Gasteiger charge is 2.04. The van der Waals surface area contributed by atoms with Gasteiger partial charge in [0.25, 0.3) is 0 Å². The van der Waals surface area contributed by atoms with E-state index in [1.165, 1.54) is 0 Å². The van der Waals surface area contributed by atoms with E-state index in [4.69, 9.17) is 12.3 Å². The fraction of sp³-hybridized carbons (Fsp3) is 0.400. The summed E-state index contributed by atoms with van der Waals surface area (Å²) in [6.07, 6.45) is 4.88. The Morgan fingerprint density at radius 1 is 2.00 bits per heavy atom. The molecule has 0 aliphatic carbocycles. The highest BCUT2D eigenvalue weighted by molar-refractivity contribution is 5.80. The van der Waals surface area contributed by atoms with Crippen LogP contribution in [0.15, 0.2) is 0 Å². The van der Waals surface area contributed by atoms with Gasteiger partial charge in [0.05, 0.1) is 5.92 Å². The number of rotatable bonds is 1. The lowest BCUT2D eigenvalue weighted by Gasteiger charge is -1.98. The summed E-state index contributed by atoms with van der Waals surface area (Å²) in [6, 6.07) is 0. The summed E-state index contributed by atoms with van der Waals surface area (Å²) in [4.78, 5) is 10.4. The molecule has 44 valence electrons. The third kappa shape index (κ3) is 1.63. The van der Waals surface area contributed by atoms with Crippen LogP contribution in [0.4, 0.5) is 0 Å². The van der Waals surface area contributed by atoms with E-state index < -0.39 is 5.92 Å². The van der Waals surface area contributed by atoms with Crippen LogP contribution in [0.3, 0.4) is 0 Å². The number of hydrogen-bond donors (Lipinski definition) is 2. The second-order valence-electron chi connectivity index (χ2n) is 1.40. The molecule has 1 amide bonds. The molecular formula is C5H8N2O. The number of carbonyl (C=O) groups excluding carboxylic acids is 1. The first-order chi connectivity index (χ1) is 3.72. The molecule has 0 aliphatic rings. The van der Waals surface area contributed by atoms with Crippen LogP contribution < -0.4 is 11.3 Å². The Balaban J connectivity index is 3.68. The van der Waals surface area contributed by atoms with Gasteiger partial charge in [-0.25, -0.2) is 5.84 Å². The first kappa shape index (κ1) is 6.99. The van der Waals surface area contributed by atoms with Crippen LogP contribution in [-0.2, 0) is 4.79 Å². The van der Waals surface area contributed by atoms with Gasteiger partial charge in [0.15, 0.2) is 0 Å². The average molecular weight is 112 g/mol. The molecule has 0 aromatic carbocycles. The molecule has 0 saturated carbocycles. The summed E-state index contributed by atoms with van der Waals surface area (Å²) < 4.78 is 0. The first-order valence-electron chi connectivity index (χ1n) is 2.19. The van der Waals surface area contributed by atoms with Crippen molar-refractivity contribution in [2.75, 3.05) is 0 Å². The number of hydrazine groups is 1. The Kier molecular flexibility index (Phi) is 2.67. The maximum atomic E-state index is 10.4. The van der Waals surface area contributed by atoms with Crippen LogP contribution in [0.2, 0.25) is 0 Å². The smallest absolute Gasteiger partial charge is 0.248 e. The molecule has 0 aliphatic heterocycles. The van der Waals surface area contributed by atoms with Crippen LogP contribution in [0.25, 0.3) is 0 Å². The fourth-order valence-electron chi connectivity index (χ4n) is 0.201. The predicted molar refractivity (Wildman–Crippen MR) is 30.3 cm³/mol. The second-order valence-corrected chi connectivity index (χ2v) is 1.40. The molecule has 0 rings (SSSR count). The van der Waals surface area contributed by atoms with Crippen LogP contribution in [0.1, 0.15) is 6.92 Å². The van der Waals surface area contributed by atoms with Crippen molar-refractivity contribution < 1.29 is 4.79 Å². The van der Waals surface area contributed by atoms with E-state index in [0.717, 1.165) is 0 Å². The van der Waals surface area contributed by atoms with Gasteiger partial charge in [0, 0.05) is 0 Å². The largest absolute Gasteiger partial charge is 0.293 e. The SMILES string of the molecule is C#CC(C)C(=O)NN. The molecule has 0 spiro atoms. The van der Waals surface area contributed by atoms with Crippen molar-refractivity contribution in [3.05, 3.63) is 0 Å². The summed E-state index contributed by atoms with van der Waals surface area (Å²) in [6.45, 7) is 1.60. The molecule has 1 atom stereocenters. The minimum atomic E-state index is -0.431. The number of carbonyl (C=O) groups is 1. The van der Waals surface area contributed by atoms with Crippen molar-refractivity contribution >= 4 is 5.91 Å². The molecule has 3 N–H and O–H groups in total. The summed E-state index contributed by atoms with van der Waals surface area (Å²) in [5.41, 5.74) is 1.93. The molecule has 0 heterocycles. The Morgan fingerprint density at radius 2 is 2.50 bits per heavy atom. The Bertz CT molecular complexity index is 125. The van der Waals surface area contributed by atoms with Crippen molar-refractivity contribution in [1.82, 2.24) is 5.43 Å². The lowest BCUT2D eigenvalue weighted by Crippen LogP contribution is -2.34. The summed E-state index contributed by atoms with van der Waals surface area (Å²) in [5.74, 6) is 6.22. The highest BCUT2D eigenvalue weighted by Crippen LogP contribution is 1.87. The van der Waals surface area contributed by atoms with Gasteiger partial charge < -0.3 is 0 Å². The van der Waals surface area contributed by atoms with Gasteiger partial charge in [-0.2, -0.15) is 0 Å². The molecule has 1 unspecified atom stereocenters. The first-order valence-corrected chi connectivity index (χ1v) is 2.19. The van der Waals surface area contributed by atoms with Crippen LogP contribution in [0.5, 0.6) is 0 Å². The maximum Gasteiger partial charge on any atom is 0.248 e. The summed E-state index contributed by atoms with van der Waals surface area (Å²) >= 11 is 0. The van der Waals surface area contributed by atoms with Crippen LogP contribution >= 0.6 is 0 Å². The minimum Gasteiger partial charge on any atom is -0.293 e.